The second kappa shape index (κ2) is 20.5. The Bertz CT molecular complexity index is 1370. The molecule has 4 aliphatic heterocycles. The molecule has 0 radical (unpaired) electrons. The molecule has 0 atom stereocenters. The third kappa shape index (κ3) is 13.2. The molecule has 0 unspecified atom stereocenters. The minimum absolute atomic E-state index is 0.790. The van der Waals surface area contributed by atoms with Crippen molar-refractivity contribution >= 4 is 24.9 Å². The normalized spacial score (nSPS) is 16.7. The van der Waals surface area contributed by atoms with Gasteiger partial charge in [-0.05, 0) is 72.2 Å². The van der Waals surface area contributed by atoms with Gasteiger partial charge in [-0.1, -0.05) is 60.7 Å². The van der Waals surface area contributed by atoms with Crippen LogP contribution in [0, 0.1) is 0 Å². The first-order chi connectivity index (χ1) is 23.8. The number of nitrogens with zero attached hydrogens (tertiary/aromatic N) is 8. The lowest BCUT2D eigenvalue weighted by Crippen LogP contribution is -2.27. The van der Waals surface area contributed by atoms with Crippen molar-refractivity contribution in [3.63, 3.8) is 0 Å². The molecule has 4 bridgehead atoms. The maximum atomic E-state index is 4.72. The van der Waals surface area contributed by atoms with Gasteiger partial charge in [-0.25, -0.2) is 0 Å². The highest BCUT2D eigenvalue weighted by Gasteiger charge is 2.08. The molecule has 8 rings (SSSR count). The number of hydrogen-bond donors (Lipinski definition) is 0. The zero-order chi connectivity index (χ0) is 32.9. The van der Waals surface area contributed by atoms with Gasteiger partial charge in [0.2, 0.25) is 0 Å². The molecule has 4 aliphatic rings. The van der Waals surface area contributed by atoms with Crippen LogP contribution in [0.3, 0.4) is 0 Å². The fourth-order valence-corrected chi connectivity index (χ4v) is 5.54. The van der Waals surface area contributed by atoms with Crippen LogP contribution >= 0.6 is 0 Å². The number of aromatic nitrogens is 2. The fourth-order valence-electron chi connectivity index (χ4n) is 5.54. The Balaban J connectivity index is 1.21. The van der Waals surface area contributed by atoms with Gasteiger partial charge in [0.1, 0.15) is 0 Å². The molecule has 8 heteroatoms. The molecular weight excluding hydrogens is 592 g/mol. The maximum Gasteiger partial charge on any atom is 0.0543 e. The highest BCUT2D eigenvalue weighted by molar-refractivity contribution is 5.84. The van der Waals surface area contributed by atoms with Crippen molar-refractivity contribution in [3.8, 4) is 0 Å². The Hall–Kier alpha value is -4.66. The summed E-state index contributed by atoms with van der Waals surface area (Å²) in [6.07, 6.45) is 15.6. The maximum absolute atomic E-state index is 4.72. The van der Waals surface area contributed by atoms with Crippen LogP contribution in [0.25, 0.3) is 0 Å². The molecule has 2 aromatic heterocycles. The molecule has 0 amide bonds. The van der Waals surface area contributed by atoms with Crippen molar-refractivity contribution < 1.29 is 0 Å². The van der Waals surface area contributed by atoms with Crippen LogP contribution in [0.4, 0.5) is 0 Å². The molecule has 0 spiro atoms. The average molecular weight is 641 g/mol. The third-order valence-electron chi connectivity index (χ3n) is 8.10. The number of benzene rings is 2. The van der Waals surface area contributed by atoms with Crippen LogP contribution in [0.1, 0.15) is 59.3 Å². The van der Waals surface area contributed by atoms with Gasteiger partial charge in [-0.15, -0.1) is 0 Å². The first kappa shape index (κ1) is 34.7. The number of hydrogen-bond acceptors (Lipinski definition) is 8. The van der Waals surface area contributed by atoms with Crippen molar-refractivity contribution in [2.24, 2.45) is 20.0 Å². The van der Waals surface area contributed by atoms with Crippen LogP contribution in [0.2, 0.25) is 0 Å². The number of pyridine rings is 2. The minimum Gasteiger partial charge on any atom is -0.297 e. The van der Waals surface area contributed by atoms with E-state index >= 15 is 0 Å². The van der Waals surface area contributed by atoms with E-state index in [1.165, 1.54) is 0 Å². The Morgan fingerprint density at radius 1 is 0.396 bits per heavy atom. The van der Waals surface area contributed by atoms with Gasteiger partial charge < -0.3 is 0 Å². The van der Waals surface area contributed by atoms with Gasteiger partial charge in [-0.3, -0.25) is 39.7 Å². The Morgan fingerprint density at radius 3 is 0.979 bits per heavy atom. The SMILES string of the molecule is C1=NCCCN(Cc2ccccn2)CCCN=Cc2ccc(cc2)C=NCCCN(Cc2ccccn2)CCCN=Cc2ccc1cc2. The van der Waals surface area contributed by atoms with E-state index in [1.54, 1.807) is 0 Å². The molecule has 0 N–H and O–H groups in total. The van der Waals surface area contributed by atoms with Crippen molar-refractivity contribution in [3.05, 3.63) is 131 Å². The van der Waals surface area contributed by atoms with Crippen LogP contribution in [0.15, 0.2) is 117 Å². The molecule has 0 aliphatic carbocycles. The van der Waals surface area contributed by atoms with E-state index < -0.39 is 0 Å². The molecule has 48 heavy (non-hydrogen) atoms. The van der Waals surface area contributed by atoms with Crippen LogP contribution in [-0.2, 0) is 13.1 Å². The zero-order valence-corrected chi connectivity index (χ0v) is 28.0. The second-order valence-corrected chi connectivity index (χ2v) is 12.1. The van der Waals surface area contributed by atoms with Gasteiger partial charge in [-0.2, -0.15) is 0 Å². The monoisotopic (exact) mass is 640 g/mol. The van der Waals surface area contributed by atoms with Crippen LogP contribution < -0.4 is 0 Å². The van der Waals surface area contributed by atoms with Crippen molar-refractivity contribution in [1.29, 1.82) is 0 Å². The zero-order valence-electron chi connectivity index (χ0n) is 28.0. The van der Waals surface area contributed by atoms with E-state index in [0.717, 1.165) is 125 Å². The van der Waals surface area contributed by atoms with E-state index in [1.807, 2.05) is 49.4 Å². The summed E-state index contributed by atoms with van der Waals surface area (Å²) < 4.78 is 0. The molecule has 6 heterocycles. The molecule has 8 nitrogen and oxygen atoms in total. The summed E-state index contributed by atoms with van der Waals surface area (Å²) in [5.74, 6) is 0. The molecule has 0 fully saturated rings. The molecule has 0 saturated carbocycles. The summed E-state index contributed by atoms with van der Waals surface area (Å²) in [5.41, 5.74) is 6.63. The van der Waals surface area contributed by atoms with E-state index in [4.69, 9.17) is 20.0 Å². The van der Waals surface area contributed by atoms with Gasteiger partial charge >= 0.3 is 0 Å². The van der Waals surface area contributed by atoms with Crippen molar-refractivity contribution in [2.75, 3.05) is 52.4 Å². The lowest BCUT2D eigenvalue weighted by Gasteiger charge is -2.21. The summed E-state index contributed by atoms with van der Waals surface area (Å²) >= 11 is 0. The third-order valence-corrected chi connectivity index (χ3v) is 8.10. The standard InChI is InChI=1S/C40H48N8/c1-3-23-45-39(9-1)33-47-25-5-19-41-29-35-11-15-37(16-12-35)31-43-21-7-27-48(34-40-10-2-4-24-46-40)28-8-22-44-32-38-17-13-36(14-18-38)30-42-20-6-26-47/h1-4,9-18,23-24,29-32H,5-8,19-22,25-28,33-34H2. The lowest BCUT2D eigenvalue weighted by molar-refractivity contribution is 0.259. The predicted octanol–water partition coefficient (Wildman–Crippen LogP) is 6.43. The smallest absolute Gasteiger partial charge is 0.0543 e. The van der Waals surface area contributed by atoms with Crippen LogP contribution in [-0.4, -0.2) is 97.0 Å². The molecule has 2 aromatic carbocycles. The van der Waals surface area contributed by atoms with E-state index in [2.05, 4.69) is 92.6 Å². The Morgan fingerprint density at radius 2 is 0.708 bits per heavy atom. The number of aliphatic imine (C=N–C) groups is 4. The highest BCUT2D eigenvalue weighted by atomic mass is 15.1. The molecule has 0 saturated heterocycles. The fraction of sp³-hybridized carbons (Fsp3) is 0.350. The summed E-state index contributed by atoms with van der Waals surface area (Å²) in [6, 6.07) is 29.2. The van der Waals surface area contributed by atoms with Gasteiger partial charge in [0.25, 0.3) is 0 Å². The van der Waals surface area contributed by atoms with Crippen molar-refractivity contribution in [2.45, 2.75) is 38.8 Å². The van der Waals surface area contributed by atoms with E-state index in [-0.39, 0.29) is 0 Å². The molecular formula is C40H48N8. The second-order valence-electron chi connectivity index (χ2n) is 12.1. The van der Waals surface area contributed by atoms with Gasteiger partial charge in [0.05, 0.1) is 11.4 Å². The summed E-state index contributed by atoms with van der Waals surface area (Å²) in [4.78, 5) is 32.9. The highest BCUT2D eigenvalue weighted by Crippen LogP contribution is 2.07. The molecule has 4 aromatic rings. The quantitative estimate of drug-likeness (QED) is 0.258. The van der Waals surface area contributed by atoms with Gasteiger partial charge in [0.15, 0.2) is 0 Å². The summed E-state index contributed by atoms with van der Waals surface area (Å²) in [7, 11) is 0. The van der Waals surface area contributed by atoms with E-state index in [9.17, 15) is 0 Å². The number of rotatable bonds is 4. The van der Waals surface area contributed by atoms with E-state index in [0.29, 0.717) is 0 Å². The summed E-state index contributed by atoms with van der Waals surface area (Å²) in [5, 5.41) is 0. The van der Waals surface area contributed by atoms with Crippen LogP contribution in [0.5, 0.6) is 0 Å². The Kier molecular flexibility index (Phi) is 14.8. The average Bonchev–Trinajstić information content (AvgIpc) is 3.12. The van der Waals surface area contributed by atoms with Gasteiger partial charge in [0, 0.05) is 103 Å². The molecule has 248 valence electrons. The van der Waals surface area contributed by atoms with Crippen molar-refractivity contribution in [1.82, 2.24) is 19.8 Å². The first-order valence-corrected chi connectivity index (χ1v) is 17.2. The topological polar surface area (TPSA) is 81.7 Å². The largest absolute Gasteiger partial charge is 0.297 e. The predicted molar refractivity (Wildman–Crippen MR) is 200 cm³/mol. The lowest BCUT2D eigenvalue weighted by atomic mass is 10.1. The minimum atomic E-state index is 0.790. The first-order valence-electron chi connectivity index (χ1n) is 17.2. The Labute approximate surface area is 286 Å². The summed E-state index contributed by atoms with van der Waals surface area (Å²) in [6.45, 7) is 8.71.